The van der Waals surface area contributed by atoms with Gasteiger partial charge < -0.3 is 10.2 Å². The number of carbonyl (C=O) groups excluding carboxylic acids is 1. The number of hydrogen-bond acceptors (Lipinski definition) is 4. The van der Waals surface area contributed by atoms with E-state index in [1.807, 2.05) is 0 Å². The SMILES string of the molecule is CC(=O)C(N)(O)O. The number of rotatable bonds is 1. The summed E-state index contributed by atoms with van der Waals surface area (Å²) < 4.78 is 0. The van der Waals surface area contributed by atoms with Crippen LogP contribution in [-0.2, 0) is 4.79 Å². The maximum absolute atomic E-state index is 9.84. The molecule has 0 aliphatic carbocycles. The van der Waals surface area contributed by atoms with Gasteiger partial charge in [0.2, 0.25) is 5.78 Å². The monoisotopic (exact) mass is 105 g/mol. The lowest BCUT2D eigenvalue weighted by Crippen LogP contribution is -2.46. The highest BCUT2D eigenvalue weighted by Crippen LogP contribution is 1.85. The quantitative estimate of drug-likeness (QED) is 0.342. The molecule has 7 heavy (non-hydrogen) atoms. The van der Waals surface area contributed by atoms with Crippen LogP contribution in [0.2, 0.25) is 0 Å². The topological polar surface area (TPSA) is 83.6 Å². The van der Waals surface area contributed by atoms with Crippen LogP contribution in [0.25, 0.3) is 0 Å². The second-order valence-corrected chi connectivity index (χ2v) is 1.28. The molecule has 0 aromatic carbocycles. The average molecular weight is 105 g/mol. The van der Waals surface area contributed by atoms with E-state index in [4.69, 9.17) is 10.2 Å². The van der Waals surface area contributed by atoms with Crippen LogP contribution in [0.1, 0.15) is 6.92 Å². The van der Waals surface area contributed by atoms with E-state index < -0.39 is 11.7 Å². The molecule has 0 aromatic rings. The van der Waals surface area contributed by atoms with E-state index in [0.29, 0.717) is 0 Å². The Hall–Kier alpha value is -0.450. The second-order valence-electron chi connectivity index (χ2n) is 1.28. The van der Waals surface area contributed by atoms with E-state index in [2.05, 4.69) is 5.73 Å². The molecule has 0 aliphatic heterocycles. The van der Waals surface area contributed by atoms with Crippen LogP contribution in [0.15, 0.2) is 0 Å². The Morgan fingerprint density at radius 3 is 1.86 bits per heavy atom. The molecule has 0 saturated carbocycles. The van der Waals surface area contributed by atoms with E-state index >= 15 is 0 Å². The van der Waals surface area contributed by atoms with Crippen LogP contribution in [0, 0.1) is 0 Å². The van der Waals surface area contributed by atoms with Gasteiger partial charge in [-0.2, -0.15) is 0 Å². The molecular weight excluding hydrogens is 98.0 g/mol. The van der Waals surface area contributed by atoms with Gasteiger partial charge in [0.1, 0.15) is 0 Å². The normalized spacial score (nSPS) is 11.4. The van der Waals surface area contributed by atoms with Gasteiger partial charge in [-0.25, -0.2) is 0 Å². The number of carbonyl (C=O) groups is 1. The van der Waals surface area contributed by atoms with Crippen LogP contribution in [-0.4, -0.2) is 21.9 Å². The van der Waals surface area contributed by atoms with Crippen LogP contribution in [0.5, 0.6) is 0 Å². The molecule has 0 fully saturated rings. The zero-order valence-corrected chi connectivity index (χ0v) is 3.88. The molecule has 0 rings (SSSR count). The third-order valence-electron chi connectivity index (χ3n) is 0.518. The first-order valence-electron chi connectivity index (χ1n) is 1.69. The number of aliphatic hydroxyl groups is 2. The Balaban J connectivity index is 3.79. The van der Waals surface area contributed by atoms with Gasteiger partial charge in [-0.1, -0.05) is 0 Å². The lowest BCUT2D eigenvalue weighted by atomic mass is 10.4. The predicted molar refractivity (Wildman–Crippen MR) is 22.0 cm³/mol. The van der Waals surface area contributed by atoms with Crippen molar-refractivity contribution in [2.75, 3.05) is 0 Å². The number of nitrogens with two attached hydrogens (primary N) is 1. The van der Waals surface area contributed by atoms with E-state index in [-0.39, 0.29) is 0 Å². The first kappa shape index (κ1) is 6.55. The fraction of sp³-hybridized carbons (Fsp3) is 0.667. The molecule has 0 unspecified atom stereocenters. The highest BCUT2D eigenvalue weighted by atomic mass is 16.5. The largest absolute Gasteiger partial charge is 0.348 e. The Morgan fingerprint density at radius 1 is 1.71 bits per heavy atom. The fourth-order valence-electron chi connectivity index (χ4n) is 0. The summed E-state index contributed by atoms with van der Waals surface area (Å²) in [5.41, 5.74) is 4.44. The Bertz CT molecular complexity index is 82.7. The summed E-state index contributed by atoms with van der Waals surface area (Å²) in [5.74, 6) is -3.51. The lowest BCUT2D eigenvalue weighted by Gasteiger charge is -2.08. The molecule has 0 spiro atoms. The smallest absolute Gasteiger partial charge is 0.282 e. The summed E-state index contributed by atoms with van der Waals surface area (Å²) in [4.78, 5) is 9.84. The molecular formula is C3H7NO3. The van der Waals surface area contributed by atoms with Crippen molar-refractivity contribution in [3.63, 3.8) is 0 Å². The first-order valence-corrected chi connectivity index (χ1v) is 1.69. The highest BCUT2D eigenvalue weighted by molar-refractivity contribution is 5.81. The van der Waals surface area contributed by atoms with Gasteiger partial charge in [0.15, 0.2) is 0 Å². The van der Waals surface area contributed by atoms with E-state index in [1.165, 1.54) is 0 Å². The number of ketones is 1. The van der Waals surface area contributed by atoms with Crippen molar-refractivity contribution in [2.24, 2.45) is 5.73 Å². The van der Waals surface area contributed by atoms with Gasteiger partial charge in [-0.3, -0.25) is 10.5 Å². The zero-order chi connectivity index (χ0) is 6.08. The van der Waals surface area contributed by atoms with Gasteiger partial charge in [0, 0.05) is 6.92 Å². The zero-order valence-electron chi connectivity index (χ0n) is 3.88. The summed E-state index contributed by atoms with van der Waals surface area (Å²) in [6, 6.07) is 0. The third-order valence-corrected chi connectivity index (χ3v) is 0.518. The van der Waals surface area contributed by atoms with Gasteiger partial charge in [-0.05, 0) is 0 Å². The second kappa shape index (κ2) is 1.57. The van der Waals surface area contributed by atoms with Gasteiger partial charge >= 0.3 is 0 Å². The maximum Gasteiger partial charge on any atom is 0.282 e. The Morgan fingerprint density at radius 2 is 1.86 bits per heavy atom. The fourth-order valence-corrected chi connectivity index (χ4v) is 0. The Kier molecular flexibility index (Phi) is 1.47. The summed E-state index contributed by atoms with van der Waals surface area (Å²) in [6.07, 6.45) is 0. The molecule has 0 radical (unpaired) electrons. The molecule has 0 atom stereocenters. The summed E-state index contributed by atoms with van der Waals surface area (Å²) in [5, 5.41) is 16.2. The highest BCUT2D eigenvalue weighted by Gasteiger charge is 2.21. The van der Waals surface area contributed by atoms with Gasteiger partial charge in [-0.15, -0.1) is 0 Å². The molecule has 0 bridgehead atoms. The van der Waals surface area contributed by atoms with Crippen molar-refractivity contribution in [2.45, 2.75) is 12.8 Å². The van der Waals surface area contributed by atoms with Crippen LogP contribution >= 0.6 is 0 Å². The molecule has 4 nitrogen and oxygen atoms in total. The van der Waals surface area contributed by atoms with Gasteiger partial charge in [0.05, 0.1) is 0 Å². The molecule has 0 saturated heterocycles. The van der Waals surface area contributed by atoms with Crippen molar-refractivity contribution in [3.05, 3.63) is 0 Å². The molecule has 0 aromatic heterocycles. The minimum Gasteiger partial charge on any atom is -0.348 e. The number of Topliss-reactive ketones (excluding diaryl/α,β-unsaturated/α-hetero) is 1. The third kappa shape index (κ3) is 2.27. The molecule has 0 heterocycles. The maximum atomic E-state index is 9.84. The van der Waals surface area contributed by atoms with E-state index in [0.717, 1.165) is 6.92 Å². The molecule has 0 aliphatic rings. The molecule has 4 heteroatoms. The molecule has 0 amide bonds. The van der Waals surface area contributed by atoms with Gasteiger partial charge in [0.25, 0.3) is 5.91 Å². The van der Waals surface area contributed by atoms with Crippen LogP contribution in [0.4, 0.5) is 0 Å². The summed E-state index contributed by atoms with van der Waals surface area (Å²) in [7, 11) is 0. The first-order chi connectivity index (χ1) is 2.94. The minimum atomic E-state index is -2.64. The summed E-state index contributed by atoms with van der Waals surface area (Å²) in [6.45, 7) is 0.986. The predicted octanol–water partition coefficient (Wildman–Crippen LogP) is -1.83. The molecule has 42 valence electrons. The minimum absolute atomic E-state index is 0.868. The lowest BCUT2D eigenvalue weighted by molar-refractivity contribution is -0.177. The Labute approximate surface area is 40.6 Å². The van der Waals surface area contributed by atoms with E-state index in [9.17, 15) is 4.79 Å². The summed E-state index contributed by atoms with van der Waals surface area (Å²) >= 11 is 0. The standard InChI is InChI=1S/C3H7NO3/c1-2(5)3(4,6)7/h6-7H,4H2,1H3. The van der Waals surface area contributed by atoms with Crippen molar-refractivity contribution in [1.82, 2.24) is 0 Å². The average Bonchev–Trinajstić information content (AvgIpc) is 1.31. The van der Waals surface area contributed by atoms with Crippen molar-refractivity contribution in [1.29, 1.82) is 0 Å². The van der Waals surface area contributed by atoms with Crippen molar-refractivity contribution in [3.8, 4) is 0 Å². The van der Waals surface area contributed by atoms with E-state index in [1.54, 1.807) is 0 Å². The number of hydrogen-bond donors (Lipinski definition) is 3. The van der Waals surface area contributed by atoms with Crippen LogP contribution in [0.3, 0.4) is 0 Å². The van der Waals surface area contributed by atoms with Crippen molar-refractivity contribution >= 4 is 5.78 Å². The van der Waals surface area contributed by atoms with Crippen LogP contribution < -0.4 is 5.73 Å². The molecule has 4 N–H and O–H groups in total. The van der Waals surface area contributed by atoms with Crippen molar-refractivity contribution < 1.29 is 15.0 Å².